The zero-order valence-corrected chi connectivity index (χ0v) is 12.2. The van der Waals surface area contributed by atoms with Crippen molar-refractivity contribution in [1.82, 2.24) is 5.32 Å². The molecule has 1 fully saturated rings. The Labute approximate surface area is 128 Å². The highest BCUT2D eigenvalue weighted by atomic mass is 16.6. The van der Waals surface area contributed by atoms with E-state index in [0.717, 1.165) is 12.0 Å². The van der Waals surface area contributed by atoms with Gasteiger partial charge in [0.1, 0.15) is 13.2 Å². The van der Waals surface area contributed by atoms with Gasteiger partial charge in [-0.2, -0.15) is 0 Å². The molecular weight excluding hydrogens is 286 g/mol. The molecule has 118 valence electrons. The van der Waals surface area contributed by atoms with E-state index in [1.54, 1.807) is 0 Å². The molecule has 3 rings (SSSR count). The molecule has 1 aromatic carbocycles. The summed E-state index contributed by atoms with van der Waals surface area (Å²) in [7, 11) is 0. The van der Waals surface area contributed by atoms with Crippen molar-refractivity contribution in [3.63, 3.8) is 0 Å². The second-order valence-electron chi connectivity index (χ2n) is 5.77. The molecular formula is C16H19NO5. The molecule has 0 unspecified atom stereocenters. The smallest absolute Gasteiger partial charge is 0.306 e. The van der Waals surface area contributed by atoms with E-state index in [4.69, 9.17) is 14.6 Å². The number of nitrogens with one attached hydrogen (secondary N) is 1. The highest BCUT2D eigenvalue weighted by Crippen LogP contribution is 2.31. The molecule has 0 spiro atoms. The first kappa shape index (κ1) is 14.7. The standard InChI is InChI=1S/C16H19NO5/c18-15(17-12-3-2-11(9-12)16(19)20)8-10-1-4-13-14(7-10)22-6-5-21-13/h1,4,7,11-12H,2-3,5-6,8-9H2,(H,17,18)(H,19,20)/t11-,12+/m0/s1. The molecule has 1 amide bonds. The Bertz CT molecular complexity index is 586. The van der Waals surface area contributed by atoms with Crippen LogP contribution in [0.1, 0.15) is 24.8 Å². The fraction of sp³-hybridized carbons (Fsp3) is 0.500. The molecule has 1 heterocycles. The fourth-order valence-corrected chi connectivity index (χ4v) is 3.00. The van der Waals surface area contributed by atoms with Crippen LogP contribution in [0.3, 0.4) is 0 Å². The van der Waals surface area contributed by atoms with E-state index in [9.17, 15) is 9.59 Å². The Kier molecular flexibility index (Phi) is 4.18. The highest BCUT2D eigenvalue weighted by Gasteiger charge is 2.30. The van der Waals surface area contributed by atoms with E-state index in [1.807, 2.05) is 18.2 Å². The van der Waals surface area contributed by atoms with Gasteiger partial charge >= 0.3 is 5.97 Å². The molecule has 1 saturated carbocycles. The topological polar surface area (TPSA) is 84.9 Å². The van der Waals surface area contributed by atoms with Crippen LogP contribution in [0, 0.1) is 5.92 Å². The van der Waals surface area contributed by atoms with Crippen LogP contribution in [0.25, 0.3) is 0 Å². The monoisotopic (exact) mass is 305 g/mol. The summed E-state index contributed by atoms with van der Waals surface area (Å²) in [4.78, 5) is 23.0. The molecule has 1 aromatic rings. The first-order chi connectivity index (χ1) is 10.6. The Balaban J connectivity index is 1.55. The van der Waals surface area contributed by atoms with Gasteiger partial charge in [0.2, 0.25) is 5.91 Å². The first-order valence-electron chi connectivity index (χ1n) is 7.52. The van der Waals surface area contributed by atoms with Gasteiger partial charge in [-0.3, -0.25) is 9.59 Å². The molecule has 1 aliphatic heterocycles. The Morgan fingerprint density at radius 3 is 2.68 bits per heavy atom. The highest BCUT2D eigenvalue weighted by molar-refractivity contribution is 5.79. The minimum atomic E-state index is -0.774. The molecule has 0 radical (unpaired) electrons. The van der Waals surface area contributed by atoms with Gasteiger partial charge in [0.25, 0.3) is 0 Å². The van der Waals surface area contributed by atoms with Crippen molar-refractivity contribution in [2.75, 3.05) is 13.2 Å². The van der Waals surface area contributed by atoms with E-state index in [-0.39, 0.29) is 24.3 Å². The summed E-state index contributed by atoms with van der Waals surface area (Å²) >= 11 is 0. The molecule has 0 saturated heterocycles. The summed E-state index contributed by atoms with van der Waals surface area (Å²) in [5.74, 6) is 0.176. The number of carbonyl (C=O) groups excluding carboxylic acids is 1. The second-order valence-corrected chi connectivity index (χ2v) is 5.77. The Hall–Kier alpha value is -2.24. The third kappa shape index (κ3) is 3.32. The molecule has 22 heavy (non-hydrogen) atoms. The third-order valence-corrected chi connectivity index (χ3v) is 4.12. The summed E-state index contributed by atoms with van der Waals surface area (Å²) < 4.78 is 10.9. The maximum atomic E-state index is 12.1. The molecule has 6 nitrogen and oxygen atoms in total. The van der Waals surface area contributed by atoms with Crippen molar-refractivity contribution < 1.29 is 24.2 Å². The van der Waals surface area contributed by atoms with Gasteiger partial charge in [0, 0.05) is 6.04 Å². The minimum absolute atomic E-state index is 0.0363. The van der Waals surface area contributed by atoms with Gasteiger partial charge in [-0.1, -0.05) is 6.07 Å². The molecule has 6 heteroatoms. The van der Waals surface area contributed by atoms with Gasteiger partial charge in [0.05, 0.1) is 12.3 Å². The number of ether oxygens (including phenoxy) is 2. The van der Waals surface area contributed by atoms with Crippen LogP contribution in [-0.4, -0.2) is 36.2 Å². The lowest BCUT2D eigenvalue weighted by molar-refractivity contribution is -0.141. The third-order valence-electron chi connectivity index (χ3n) is 4.12. The average Bonchev–Trinajstić information content (AvgIpc) is 2.95. The number of rotatable bonds is 4. The molecule has 1 aliphatic carbocycles. The normalized spacial score (nSPS) is 23.1. The molecule has 0 aromatic heterocycles. The number of benzene rings is 1. The van der Waals surface area contributed by atoms with Crippen molar-refractivity contribution in [1.29, 1.82) is 0 Å². The largest absolute Gasteiger partial charge is 0.486 e. The van der Waals surface area contributed by atoms with Crippen LogP contribution >= 0.6 is 0 Å². The van der Waals surface area contributed by atoms with Gasteiger partial charge in [-0.15, -0.1) is 0 Å². The van der Waals surface area contributed by atoms with Crippen molar-refractivity contribution in [3.05, 3.63) is 23.8 Å². The van der Waals surface area contributed by atoms with Gasteiger partial charge in [-0.25, -0.2) is 0 Å². The zero-order valence-electron chi connectivity index (χ0n) is 12.2. The zero-order chi connectivity index (χ0) is 15.5. The van der Waals surface area contributed by atoms with Gasteiger partial charge in [-0.05, 0) is 37.0 Å². The van der Waals surface area contributed by atoms with Crippen molar-refractivity contribution in [2.45, 2.75) is 31.7 Å². The minimum Gasteiger partial charge on any atom is -0.486 e. The van der Waals surface area contributed by atoms with Crippen molar-refractivity contribution >= 4 is 11.9 Å². The lowest BCUT2D eigenvalue weighted by Gasteiger charge is -2.19. The van der Waals surface area contributed by atoms with Crippen LogP contribution in [0.5, 0.6) is 11.5 Å². The number of hydrogen-bond donors (Lipinski definition) is 2. The quantitative estimate of drug-likeness (QED) is 0.877. The molecule has 2 aliphatic rings. The predicted molar refractivity (Wildman–Crippen MR) is 78.0 cm³/mol. The maximum Gasteiger partial charge on any atom is 0.306 e. The molecule has 0 bridgehead atoms. The summed E-state index contributed by atoms with van der Waals surface area (Å²) in [6, 6.07) is 5.45. The number of fused-ring (bicyclic) bond motifs is 1. The summed E-state index contributed by atoms with van der Waals surface area (Å²) in [5, 5.41) is 11.9. The summed E-state index contributed by atoms with van der Waals surface area (Å²) in [5.41, 5.74) is 0.856. The van der Waals surface area contributed by atoms with E-state index in [0.29, 0.717) is 37.6 Å². The predicted octanol–water partition coefficient (Wildman–Crippen LogP) is 1.37. The maximum absolute atomic E-state index is 12.1. The number of carboxylic acids is 1. The lowest BCUT2D eigenvalue weighted by atomic mass is 10.1. The van der Waals surface area contributed by atoms with E-state index in [1.165, 1.54) is 0 Å². The number of carbonyl (C=O) groups is 2. The number of carboxylic acid groups (broad SMARTS) is 1. The van der Waals surface area contributed by atoms with Crippen molar-refractivity contribution in [3.8, 4) is 11.5 Å². The number of amides is 1. The summed E-state index contributed by atoms with van der Waals surface area (Å²) in [6.45, 7) is 1.06. The lowest BCUT2D eigenvalue weighted by Crippen LogP contribution is -2.34. The number of hydrogen-bond acceptors (Lipinski definition) is 4. The van der Waals surface area contributed by atoms with Crippen LogP contribution in [0.2, 0.25) is 0 Å². The average molecular weight is 305 g/mol. The Morgan fingerprint density at radius 2 is 1.95 bits per heavy atom. The Morgan fingerprint density at radius 1 is 1.18 bits per heavy atom. The number of aliphatic carboxylic acids is 1. The van der Waals surface area contributed by atoms with Crippen molar-refractivity contribution in [2.24, 2.45) is 5.92 Å². The molecule has 2 atom stereocenters. The van der Waals surface area contributed by atoms with Crippen LogP contribution in [0.15, 0.2) is 18.2 Å². The first-order valence-corrected chi connectivity index (χ1v) is 7.52. The summed E-state index contributed by atoms with van der Waals surface area (Å²) in [6.07, 6.45) is 2.13. The van der Waals surface area contributed by atoms with E-state index < -0.39 is 5.97 Å². The second kappa shape index (κ2) is 6.25. The van der Waals surface area contributed by atoms with Crippen LogP contribution in [-0.2, 0) is 16.0 Å². The van der Waals surface area contributed by atoms with Gasteiger partial charge < -0.3 is 19.9 Å². The van der Waals surface area contributed by atoms with Gasteiger partial charge in [0.15, 0.2) is 11.5 Å². The van der Waals surface area contributed by atoms with E-state index >= 15 is 0 Å². The SMILES string of the molecule is O=C(Cc1ccc2c(c1)OCCO2)N[C@@H]1CC[C@H](C(=O)O)C1. The van der Waals surface area contributed by atoms with Crippen LogP contribution in [0.4, 0.5) is 0 Å². The fourth-order valence-electron chi connectivity index (χ4n) is 3.00. The molecule has 2 N–H and O–H groups in total. The van der Waals surface area contributed by atoms with E-state index in [2.05, 4.69) is 5.32 Å². The van der Waals surface area contributed by atoms with Crippen LogP contribution < -0.4 is 14.8 Å².